The molecule has 0 unspecified atom stereocenters. The van der Waals surface area contributed by atoms with Gasteiger partial charge in [0, 0.05) is 23.4 Å². The summed E-state index contributed by atoms with van der Waals surface area (Å²) in [6.07, 6.45) is 5.88. The van der Waals surface area contributed by atoms with Crippen LogP contribution in [0.4, 0.5) is 5.69 Å². The van der Waals surface area contributed by atoms with Crippen molar-refractivity contribution in [1.29, 1.82) is 0 Å². The monoisotopic (exact) mass is 395 g/mol. The van der Waals surface area contributed by atoms with E-state index in [1.165, 1.54) is 22.7 Å². The zero-order valence-electron chi connectivity index (χ0n) is 15.7. The smallest absolute Gasteiger partial charge is 0.262 e. The Bertz CT molecular complexity index is 1130. The minimum atomic E-state index is -0.243. The molecule has 6 nitrogen and oxygen atoms in total. The van der Waals surface area contributed by atoms with Gasteiger partial charge in [-0.05, 0) is 50.3 Å². The molecular formula is C21H21N3O3S. The number of nitrogens with zero attached hydrogens (tertiary/aromatic N) is 2. The molecule has 2 heterocycles. The molecule has 0 spiro atoms. The standard InChI is InChI=1S/C21H21N3O3S/c1-13(25)14-6-2-4-8-16(14)23-18(26)10-11-24-12-22-20-19(21(24)27)15-7-3-5-9-17(15)28-20/h2,4,6,8,12H,3,5,7,9-11H2,1H3,(H,23,26). The molecule has 1 amide bonds. The van der Waals surface area contributed by atoms with Crippen molar-refractivity contribution in [3.63, 3.8) is 0 Å². The molecule has 1 aliphatic carbocycles. The van der Waals surface area contributed by atoms with E-state index in [4.69, 9.17) is 0 Å². The van der Waals surface area contributed by atoms with Gasteiger partial charge in [0.05, 0.1) is 17.4 Å². The number of amides is 1. The number of thiophene rings is 1. The topological polar surface area (TPSA) is 81.1 Å². The van der Waals surface area contributed by atoms with Crippen LogP contribution in [0.2, 0.25) is 0 Å². The zero-order valence-corrected chi connectivity index (χ0v) is 16.5. The Morgan fingerprint density at radius 2 is 2.00 bits per heavy atom. The number of ketones is 1. The lowest BCUT2D eigenvalue weighted by Gasteiger charge is -2.11. The molecule has 0 saturated heterocycles. The van der Waals surface area contributed by atoms with E-state index in [-0.39, 0.29) is 30.2 Å². The number of aromatic nitrogens is 2. The molecule has 144 valence electrons. The average Bonchev–Trinajstić information content (AvgIpc) is 3.07. The van der Waals surface area contributed by atoms with E-state index >= 15 is 0 Å². The second-order valence-corrected chi connectivity index (χ2v) is 8.12. The molecular weight excluding hydrogens is 374 g/mol. The van der Waals surface area contributed by atoms with Crippen LogP contribution in [-0.2, 0) is 24.2 Å². The summed E-state index contributed by atoms with van der Waals surface area (Å²) in [5, 5.41) is 3.50. The number of aryl methyl sites for hydroxylation is 3. The average molecular weight is 395 g/mol. The Morgan fingerprint density at radius 1 is 1.21 bits per heavy atom. The van der Waals surface area contributed by atoms with Crippen molar-refractivity contribution in [2.45, 2.75) is 45.6 Å². The van der Waals surface area contributed by atoms with Gasteiger partial charge in [0.15, 0.2) is 5.78 Å². The number of carbonyl (C=O) groups is 2. The molecule has 28 heavy (non-hydrogen) atoms. The van der Waals surface area contributed by atoms with Crippen LogP contribution in [-0.4, -0.2) is 21.2 Å². The van der Waals surface area contributed by atoms with E-state index in [0.29, 0.717) is 11.3 Å². The van der Waals surface area contributed by atoms with Gasteiger partial charge in [-0.25, -0.2) is 4.98 Å². The number of anilines is 1. The third-order valence-corrected chi connectivity index (χ3v) is 6.30. The molecule has 0 saturated carbocycles. The maximum absolute atomic E-state index is 12.9. The van der Waals surface area contributed by atoms with Crippen molar-refractivity contribution in [3.8, 4) is 0 Å². The van der Waals surface area contributed by atoms with Crippen molar-refractivity contribution < 1.29 is 9.59 Å². The molecule has 1 N–H and O–H groups in total. The van der Waals surface area contributed by atoms with Crippen LogP contribution < -0.4 is 10.9 Å². The second-order valence-electron chi connectivity index (χ2n) is 7.03. The van der Waals surface area contributed by atoms with Crippen LogP contribution in [0.15, 0.2) is 35.4 Å². The number of rotatable bonds is 5. The van der Waals surface area contributed by atoms with Crippen LogP contribution in [0, 0.1) is 0 Å². The van der Waals surface area contributed by atoms with Gasteiger partial charge in [0.1, 0.15) is 4.83 Å². The largest absolute Gasteiger partial charge is 0.325 e. The first-order valence-corrected chi connectivity index (χ1v) is 10.3. The molecule has 3 aromatic rings. The van der Waals surface area contributed by atoms with Gasteiger partial charge in [-0.3, -0.25) is 19.0 Å². The third-order valence-electron chi connectivity index (χ3n) is 5.10. The van der Waals surface area contributed by atoms with Gasteiger partial charge in [0.25, 0.3) is 5.56 Å². The number of nitrogens with one attached hydrogen (secondary N) is 1. The molecule has 0 aliphatic heterocycles. The number of benzene rings is 1. The highest BCUT2D eigenvalue weighted by atomic mass is 32.1. The zero-order chi connectivity index (χ0) is 19.7. The van der Waals surface area contributed by atoms with Crippen molar-refractivity contribution >= 4 is 38.9 Å². The highest BCUT2D eigenvalue weighted by molar-refractivity contribution is 7.18. The minimum absolute atomic E-state index is 0.0682. The van der Waals surface area contributed by atoms with Crippen LogP contribution in [0.1, 0.15) is 47.0 Å². The van der Waals surface area contributed by atoms with E-state index < -0.39 is 0 Å². The number of carbonyl (C=O) groups excluding carboxylic acids is 2. The van der Waals surface area contributed by atoms with Gasteiger partial charge in [-0.2, -0.15) is 0 Å². The molecule has 1 aromatic carbocycles. The molecule has 0 fully saturated rings. The lowest BCUT2D eigenvalue weighted by molar-refractivity contribution is -0.116. The van der Waals surface area contributed by atoms with Gasteiger partial charge in [-0.15, -0.1) is 11.3 Å². The van der Waals surface area contributed by atoms with Gasteiger partial charge in [0.2, 0.25) is 5.91 Å². The Balaban J connectivity index is 1.52. The summed E-state index contributed by atoms with van der Waals surface area (Å²) in [4.78, 5) is 43.5. The van der Waals surface area contributed by atoms with Crippen LogP contribution in [0.25, 0.3) is 10.2 Å². The molecule has 4 rings (SSSR count). The number of fused-ring (bicyclic) bond motifs is 3. The summed E-state index contributed by atoms with van der Waals surface area (Å²) in [5.41, 5.74) is 2.05. The lowest BCUT2D eigenvalue weighted by atomic mass is 9.97. The predicted octanol–water partition coefficient (Wildman–Crippen LogP) is 3.57. The van der Waals surface area contributed by atoms with Crippen molar-refractivity contribution in [3.05, 3.63) is 57.0 Å². The fourth-order valence-electron chi connectivity index (χ4n) is 3.67. The maximum Gasteiger partial charge on any atom is 0.262 e. The highest BCUT2D eigenvalue weighted by Gasteiger charge is 2.20. The fourth-order valence-corrected chi connectivity index (χ4v) is 4.89. The normalized spacial score (nSPS) is 13.3. The van der Waals surface area contributed by atoms with Crippen molar-refractivity contribution in [2.75, 3.05) is 5.32 Å². The van der Waals surface area contributed by atoms with Gasteiger partial charge >= 0.3 is 0 Å². The number of hydrogen-bond acceptors (Lipinski definition) is 5. The van der Waals surface area contributed by atoms with E-state index in [9.17, 15) is 14.4 Å². The molecule has 7 heteroatoms. The van der Waals surface area contributed by atoms with Crippen LogP contribution in [0.5, 0.6) is 0 Å². The summed E-state index contributed by atoms with van der Waals surface area (Å²) in [6, 6.07) is 6.91. The highest BCUT2D eigenvalue weighted by Crippen LogP contribution is 2.33. The van der Waals surface area contributed by atoms with E-state index in [1.807, 2.05) is 0 Å². The molecule has 0 bridgehead atoms. The number of para-hydroxylation sites is 1. The first-order valence-electron chi connectivity index (χ1n) is 9.44. The summed E-state index contributed by atoms with van der Waals surface area (Å²) in [6.45, 7) is 1.72. The molecule has 0 atom stereocenters. The van der Waals surface area contributed by atoms with Crippen molar-refractivity contribution in [2.24, 2.45) is 0 Å². The van der Waals surface area contributed by atoms with E-state index in [1.54, 1.807) is 35.6 Å². The van der Waals surface area contributed by atoms with E-state index in [0.717, 1.165) is 41.5 Å². The first kappa shape index (κ1) is 18.6. The maximum atomic E-state index is 12.9. The SMILES string of the molecule is CC(=O)c1ccccc1NC(=O)CCn1cnc2sc3c(c2c1=O)CCCC3. The number of hydrogen-bond donors (Lipinski definition) is 1. The summed E-state index contributed by atoms with van der Waals surface area (Å²) in [5.74, 6) is -0.350. The number of Topliss-reactive ketones (excluding diaryl/α,β-unsaturated/α-hetero) is 1. The lowest BCUT2D eigenvalue weighted by Crippen LogP contribution is -2.24. The van der Waals surface area contributed by atoms with Gasteiger partial charge in [-0.1, -0.05) is 12.1 Å². The van der Waals surface area contributed by atoms with Gasteiger partial charge < -0.3 is 5.32 Å². The Labute approximate surface area is 166 Å². The second kappa shape index (κ2) is 7.67. The van der Waals surface area contributed by atoms with Crippen molar-refractivity contribution in [1.82, 2.24) is 9.55 Å². The summed E-state index contributed by atoms with van der Waals surface area (Å²) in [7, 11) is 0. The summed E-state index contributed by atoms with van der Waals surface area (Å²) < 4.78 is 1.51. The summed E-state index contributed by atoms with van der Waals surface area (Å²) >= 11 is 1.62. The Morgan fingerprint density at radius 3 is 2.82 bits per heavy atom. The molecule has 2 aromatic heterocycles. The Hall–Kier alpha value is -2.80. The van der Waals surface area contributed by atoms with E-state index in [2.05, 4.69) is 10.3 Å². The van der Waals surface area contributed by atoms with Crippen LogP contribution in [0.3, 0.4) is 0 Å². The quantitative estimate of drug-likeness (QED) is 0.670. The minimum Gasteiger partial charge on any atom is -0.325 e. The third kappa shape index (κ3) is 3.49. The van der Waals surface area contributed by atoms with Crippen LogP contribution >= 0.6 is 11.3 Å². The Kier molecular flexibility index (Phi) is 5.09. The molecule has 0 radical (unpaired) electrons. The molecule has 1 aliphatic rings. The fraction of sp³-hybridized carbons (Fsp3) is 0.333. The first-order chi connectivity index (χ1) is 13.5. The predicted molar refractivity (Wildman–Crippen MR) is 110 cm³/mol.